The van der Waals surface area contributed by atoms with Crippen molar-refractivity contribution in [3.63, 3.8) is 0 Å². The van der Waals surface area contributed by atoms with Crippen LogP contribution in [0.25, 0.3) is 0 Å². The van der Waals surface area contributed by atoms with Crippen LogP contribution in [-0.4, -0.2) is 81.8 Å². The van der Waals surface area contributed by atoms with E-state index in [0.717, 1.165) is 6.42 Å². The highest BCUT2D eigenvalue weighted by Gasteiger charge is 2.37. The summed E-state index contributed by atoms with van der Waals surface area (Å²) in [4.78, 5) is 29.5. The Morgan fingerprint density at radius 3 is 2.19 bits per heavy atom. The highest BCUT2D eigenvalue weighted by atomic mass is 16.5. The quantitative estimate of drug-likeness (QED) is 0.766. The van der Waals surface area contributed by atoms with Crippen molar-refractivity contribution in [3.05, 3.63) is 17.7 Å². The van der Waals surface area contributed by atoms with Gasteiger partial charge < -0.3 is 28.7 Å². The van der Waals surface area contributed by atoms with Gasteiger partial charge in [-0.25, -0.2) is 0 Å². The van der Waals surface area contributed by atoms with Crippen molar-refractivity contribution in [1.29, 1.82) is 0 Å². The van der Waals surface area contributed by atoms with Crippen LogP contribution in [0.5, 0.6) is 17.2 Å². The largest absolute Gasteiger partial charge is 0.493 e. The summed E-state index contributed by atoms with van der Waals surface area (Å²) in [6, 6.07) is 2.81. The Morgan fingerprint density at radius 2 is 1.63 bits per heavy atom. The molecule has 0 aliphatic carbocycles. The molecule has 2 aliphatic heterocycles. The first-order valence-corrected chi connectivity index (χ1v) is 9.08. The Hall–Kier alpha value is -2.48. The standard InChI is InChI=1S/C19H26N2O6/c1-24-15-11-13(12-16(25-2)17(15)26-3)18(22)21-6-4-5-14(21)19(23)20-7-9-27-10-8-20/h11-12,14H,4-10H2,1-3H3/t14-/m1/s1. The summed E-state index contributed by atoms with van der Waals surface area (Å²) in [7, 11) is 4.53. The van der Waals surface area contributed by atoms with Crippen molar-refractivity contribution in [1.82, 2.24) is 9.80 Å². The summed E-state index contributed by atoms with van der Waals surface area (Å²) in [5.74, 6) is 1.04. The van der Waals surface area contributed by atoms with Crippen LogP contribution in [0.4, 0.5) is 0 Å². The van der Waals surface area contributed by atoms with Gasteiger partial charge in [0.05, 0.1) is 34.5 Å². The van der Waals surface area contributed by atoms with E-state index in [-0.39, 0.29) is 11.8 Å². The van der Waals surface area contributed by atoms with Gasteiger partial charge in [-0.15, -0.1) is 0 Å². The van der Waals surface area contributed by atoms with Crippen LogP contribution in [0, 0.1) is 0 Å². The van der Waals surface area contributed by atoms with Crippen molar-refractivity contribution >= 4 is 11.8 Å². The van der Waals surface area contributed by atoms with Crippen LogP contribution in [0.3, 0.4) is 0 Å². The minimum Gasteiger partial charge on any atom is -0.493 e. The maximum atomic E-state index is 13.2. The van der Waals surface area contributed by atoms with Crippen LogP contribution >= 0.6 is 0 Å². The second kappa shape index (κ2) is 8.47. The maximum Gasteiger partial charge on any atom is 0.254 e. The molecule has 0 spiro atoms. The van der Waals surface area contributed by atoms with Gasteiger partial charge in [0.25, 0.3) is 5.91 Å². The first kappa shape index (κ1) is 19.3. The van der Waals surface area contributed by atoms with Gasteiger partial charge in [-0.3, -0.25) is 9.59 Å². The van der Waals surface area contributed by atoms with Crippen molar-refractivity contribution in [2.45, 2.75) is 18.9 Å². The van der Waals surface area contributed by atoms with Crippen molar-refractivity contribution in [2.24, 2.45) is 0 Å². The van der Waals surface area contributed by atoms with E-state index in [1.165, 1.54) is 21.3 Å². The molecule has 8 nitrogen and oxygen atoms in total. The second-order valence-electron chi connectivity index (χ2n) is 6.51. The SMILES string of the molecule is COc1cc(C(=O)N2CCC[C@@H]2C(=O)N2CCOCC2)cc(OC)c1OC. The molecule has 2 fully saturated rings. The molecule has 27 heavy (non-hydrogen) atoms. The van der Waals surface area contributed by atoms with E-state index in [1.807, 2.05) is 0 Å². The summed E-state index contributed by atoms with van der Waals surface area (Å²) < 4.78 is 21.3. The lowest BCUT2D eigenvalue weighted by Gasteiger charge is -2.32. The van der Waals surface area contributed by atoms with Crippen LogP contribution in [0.15, 0.2) is 12.1 Å². The zero-order chi connectivity index (χ0) is 19.4. The molecule has 3 rings (SSSR count). The van der Waals surface area contributed by atoms with E-state index in [9.17, 15) is 9.59 Å². The van der Waals surface area contributed by atoms with Gasteiger partial charge in [-0.1, -0.05) is 0 Å². The molecular weight excluding hydrogens is 352 g/mol. The third kappa shape index (κ3) is 3.80. The molecule has 1 atom stereocenters. The highest BCUT2D eigenvalue weighted by molar-refractivity contribution is 5.99. The number of hydrogen-bond donors (Lipinski definition) is 0. The number of benzene rings is 1. The molecule has 148 valence electrons. The fourth-order valence-electron chi connectivity index (χ4n) is 3.63. The number of carbonyl (C=O) groups excluding carboxylic acids is 2. The smallest absolute Gasteiger partial charge is 0.254 e. The van der Waals surface area contributed by atoms with Gasteiger partial charge in [-0.2, -0.15) is 0 Å². The molecule has 1 aromatic rings. The molecule has 1 aromatic carbocycles. The minimum absolute atomic E-state index is 0.00316. The van der Waals surface area contributed by atoms with Gasteiger partial charge in [0.1, 0.15) is 6.04 Å². The monoisotopic (exact) mass is 378 g/mol. The number of amides is 2. The van der Waals surface area contributed by atoms with Gasteiger partial charge in [0, 0.05) is 25.2 Å². The minimum atomic E-state index is -0.435. The summed E-state index contributed by atoms with van der Waals surface area (Å²) in [6.45, 7) is 2.78. The molecule has 2 heterocycles. The number of carbonyl (C=O) groups is 2. The lowest BCUT2D eigenvalue weighted by molar-refractivity contribution is -0.139. The predicted molar refractivity (Wildman–Crippen MR) is 97.6 cm³/mol. The average Bonchev–Trinajstić information content (AvgIpc) is 3.21. The van der Waals surface area contributed by atoms with Crippen LogP contribution < -0.4 is 14.2 Å². The number of methoxy groups -OCH3 is 3. The number of likely N-dealkylation sites (tertiary alicyclic amines) is 1. The number of nitrogens with zero attached hydrogens (tertiary/aromatic N) is 2. The summed E-state index contributed by atoms with van der Waals surface area (Å²) in [6.07, 6.45) is 1.48. The normalized spacial score (nSPS) is 19.7. The van der Waals surface area contributed by atoms with Crippen LogP contribution in [0.2, 0.25) is 0 Å². The summed E-state index contributed by atoms with van der Waals surface area (Å²) in [5, 5.41) is 0. The highest BCUT2D eigenvalue weighted by Crippen LogP contribution is 2.39. The van der Waals surface area contributed by atoms with E-state index in [1.54, 1.807) is 21.9 Å². The first-order chi connectivity index (χ1) is 13.1. The van der Waals surface area contributed by atoms with E-state index in [2.05, 4.69) is 0 Å². The average molecular weight is 378 g/mol. The lowest BCUT2D eigenvalue weighted by Crippen LogP contribution is -2.51. The molecule has 8 heteroatoms. The van der Waals surface area contributed by atoms with Gasteiger partial charge >= 0.3 is 0 Å². The van der Waals surface area contributed by atoms with Gasteiger partial charge in [-0.05, 0) is 25.0 Å². The van der Waals surface area contributed by atoms with E-state index in [0.29, 0.717) is 62.1 Å². The Labute approximate surface area is 158 Å². The summed E-state index contributed by atoms with van der Waals surface area (Å²) >= 11 is 0. The fraction of sp³-hybridized carbons (Fsp3) is 0.579. The molecule has 0 N–H and O–H groups in total. The third-order valence-electron chi connectivity index (χ3n) is 5.03. The molecule has 0 bridgehead atoms. The molecule has 2 amide bonds. The number of hydrogen-bond acceptors (Lipinski definition) is 6. The predicted octanol–water partition coefficient (Wildman–Crippen LogP) is 1.18. The van der Waals surface area contributed by atoms with Gasteiger partial charge in [0.15, 0.2) is 11.5 Å². The molecule has 0 saturated carbocycles. The van der Waals surface area contributed by atoms with Crippen LogP contribution in [-0.2, 0) is 9.53 Å². The second-order valence-corrected chi connectivity index (χ2v) is 6.51. The number of rotatable bonds is 5. The van der Waals surface area contributed by atoms with Crippen molar-refractivity contribution in [2.75, 3.05) is 54.2 Å². The molecule has 0 aromatic heterocycles. The van der Waals surface area contributed by atoms with E-state index < -0.39 is 6.04 Å². The lowest BCUT2D eigenvalue weighted by atomic mass is 10.1. The zero-order valence-electron chi connectivity index (χ0n) is 16.0. The maximum absolute atomic E-state index is 13.2. The third-order valence-corrected chi connectivity index (χ3v) is 5.03. The molecule has 2 saturated heterocycles. The van der Waals surface area contributed by atoms with E-state index >= 15 is 0 Å². The molecule has 0 radical (unpaired) electrons. The molecular formula is C19H26N2O6. The molecule has 0 unspecified atom stereocenters. The van der Waals surface area contributed by atoms with Gasteiger partial charge in [0.2, 0.25) is 11.7 Å². The zero-order valence-corrected chi connectivity index (χ0v) is 16.0. The Morgan fingerprint density at radius 1 is 1.00 bits per heavy atom. The Balaban J connectivity index is 1.84. The Kier molecular flexibility index (Phi) is 6.05. The van der Waals surface area contributed by atoms with Crippen molar-refractivity contribution < 1.29 is 28.5 Å². The topological polar surface area (TPSA) is 77.5 Å². The summed E-state index contributed by atoms with van der Waals surface area (Å²) in [5.41, 5.74) is 0.408. The number of ether oxygens (including phenoxy) is 4. The van der Waals surface area contributed by atoms with E-state index in [4.69, 9.17) is 18.9 Å². The fourth-order valence-corrected chi connectivity index (χ4v) is 3.63. The number of morpholine rings is 1. The molecule has 2 aliphatic rings. The van der Waals surface area contributed by atoms with Crippen LogP contribution in [0.1, 0.15) is 23.2 Å². The first-order valence-electron chi connectivity index (χ1n) is 9.08. The van der Waals surface area contributed by atoms with Crippen molar-refractivity contribution in [3.8, 4) is 17.2 Å². The Bertz CT molecular complexity index is 676.